The number of nitrogens with zero attached hydrogens (tertiary/aromatic N) is 3. The molecule has 2 rings (SSSR count). The summed E-state index contributed by atoms with van der Waals surface area (Å²) in [6.07, 6.45) is 5.33. The Hall–Kier alpha value is -2.31. The number of unbranched alkanes of at least 4 members (excludes halogenated alkanes) is 1. The van der Waals surface area contributed by atoms with E-state index in [1.54, 1.807) is 17.9 Å². The van der Waals surface area contributed by atoms with E-state index in [9.17, 15) is 4.79 Å². The van der Waals surface area contributed by atoms with E-state index in [1.165, 1.54) is 6.08 Å². The van der Waals surface area contributed by atoms with Gasteiger partial charge in [0.2, 0.25) is 5.91 Å². The lowest BCUT2D eigenvalue weighted by molar-refractivity contribution is -0.116. The lowest BCUT2D eigenvalue weighted by atomic mass is 10.0. The fraction of sp³-hybridized carbons (Fsp3) is 0.455. The standard InChI is InChI=1S/C22H31ClN4O2/c1-6-7-14-27-22(23)17(16(2)25-27)12-13-21(28)24-15-19(26(3)4)18-10-8-9-11-20(18)29-5/h8-13,19H,6-7,14-15H2,1-5H3,(H,24,28)/b13-12+. The summed E-state index contributed by atoms with van der Waals surface area (Å²) in [6, 6.07) is 7.83. The maximum Gasteiger partial charge on any atom is 0.244 e. The Labute approximate surface area is 178 Å². The van der Waals surface area contributed by atoms with Crippen molar-refractivity contribution in [3.63, 3.8) is 0 Å². The third-order valence-corrected chi connectivity index (χ3v) is 5.22. The molecule has 1 heterocycles. The predicted molar refractivity (Wildman–Crippen MR) is 118 cm³/mol. The van der Waals surface area contributed by atoms with Gasteiger partial charge in [-0.05, 0) is 39.6 Å². The second-order valence-electron chi connectivity index (χ2n) is 7.17. The van der Waals surface area contributed by atoms with Crippen LogP contribution in [0.15, 0.2) is 30.3 Å². The van der Waals surface area contributed by atoms with Gasteiger partial charge in [-0.15, -0.1) is 0 Å². The normalized spacial score (nSPS) is 12.5. The van der Waals surface area contributed by atoms with E-state index in [0.29, 0.717) is 11.7 Å². The summed E-state index contributed by atoms with van der Waals surface area (Å²) in [5, 5.41) is 8.00. The van der Waals surface area contributed by atoms with Crippen LogP contribution in [0.1, 0.15) is 42.6 Å². The minimum atomic E-state index is -0.177. The minimum Gasteiger partial charge on any atom is -0.496 e. The Morgan fingerprint density at radius 1 is 1.38 bits per heavy atom. The molecule has 1 aromatic heterocycles. The molecular weight excluding hydrogens is 388 g/mol. The molecule has 2 aromatic rings. The van der Waals surface area contributed by atoms with Crippen LogP contribution in [0.25, 0.3) is 6.08 Å². The molecule has 0 spiro atoms. The Bertz CT molecular complexity index is 845. The van der Waals surface area contributed by atoms with Crippen molar-refractivity contribution in [2.24, 2.45) is 0 Å². The molecule has 0 aliphatic heterocycles. The molecule has 0 aliphatic carbocycles. The van der Waals surface area contributed by atoms with Gasteiger partial charge in [-0.2, -0.15) is 5.10 Å². The molecule has 0 radical (unpaired) electrons. The van der Waals surface area contributed by atoms with Crippen LogP contribution in [-0.4, -0.2) is 48.3 Å². The summed E-state index contributed by atoms with van der Waals surface area (Å²) in [5.41, 5.74) is 2.63. The quantitative estimate of drug-likeness (QED) is 0.590. The molecule has 0 fully saturated rings. The fourth-order valence-corrected chi connectivity index (χ4v) is 3.46. The first-order valence-electron chi connectivity index (χ1n) is 9.87. The summed E-state index contributed by atoms with van der Waals surface area (Å²) in [5.74, 6) is 0.626. The lowest BCUT2D eigenvalue weighted by Gasteiger charge is -2.26. The third-order valence-electron chi connectivity index (χ3n) is 4.83. The molecule has 7 heteroatoms. The van der Waals surface area contributed by atoms with Crippen molar-refractivity contribution in [2.75, 3.05) is 27.7 Å². The number of amides is 1. The Morgan fingerprint density at radius 3 is 2.76 bits per heavy atom. The third kappa shape index (κ3) is 6.08. The van der Waals surface area contributed by atoms with Crippen molar-refractivity contribution in [1.82, 2.24) is 20.0 Å². The van der Waals surface area contributed by atoms with Crippen LogP contribution < -0.4 is 10.1 Å². The zero-order chi connectivity index (χ0) is 21.4. The molecule has 0 bridgehead atoms. The molecule has 0 saturated heterocycles. The Morgan fingerprint density at radius 2 is 2.10 bits per heavy atom. The maximum atomic E-state index is 12.4. The van der Waals surface area contributed by atoms with E-state index in [-0.39, 0.29) is 11.9 Å². The van der Waals surface area contributed by atoms with E-state index in [0.717, 1.165) is 42.0 Å². The van der Waals surface area contributed by atoms with E-state index >= 15 is 0 Å². The van der Waals surface area contributed by atoms with E-state index < -0.39 is 0 Å². The maximum absolute atomic E-state index is 12.4. The number of rotatable bonds is 10. The molecule has 0 aliphatic rings. The zero-order valence-electron chi connectivity index (χ0n) is 17.9. The van der Waals surface area contributed by atoms with Gasteiger partial charge in [-0.25, -0.2) is 0 Å². The number of likely N-dealkylation sites (N-methyl/N-ethyl adjacent to an activating group) is 1. The van der Waals surface area contributed by atoms with Crippen molar-refractivity contribution < 1.29 is 9.53 Å². The number of hydrogen-bond acceptors (Lipinski definition) is 4. The first kappa shape index (κ1) is 23.0. The van der Waals surface area contributed by atoms with Crippen LogP contribution in [0.3, 0.4) is 0 Å². The van der Waals surface area contributed by atoms with E-state index in [1.807, 2.05) is 45.3 Å². The zero-order valence-corrected chi connectivity index (χ0v) is 18.7. The molecule has 1 atom stereocenters. The first-order chi connectivity index (χ1) is 13.9. The van der Waals surface area contributed by atoms with Gasteiger partial charge in [0.15, 0.2) is 0 Å². The highest BCUT2D eigenvalue weighted by Crippen LogP contribution is 2.27. The fourth-order valence-electron chi connectivity index (χ4n) is 3.14. The SMILES string of the molecule is CCCCn1nc(C)c(/C=C/C(=O)NCC(c2ccccc2OC)N(C)C)c1Cl. The number of methoxy groups -OCH3 is 1. The molecule has 158 valence electrons. The van der Waals surface area contributed by atoms with Gasteiger partial charge in [0.05, 0.1) is 18.8 Å². The highest BCUT2D eigenvalue weighted by molar-refractivity contribution is 6.31. The first-order valence-corrected chi connectivity index (χ1v) is 10.2. The highest BCUT2D eigenvalue weighted by Gasteiger charge is 2.18. The smallest absolute Gasteiger partial charge is 0.244 e. The molecular formula is C22H31ClN4O2. The topological polar surface area (TPSA) is 59.4 Å². The molecule has 1 unspecified atom stereocenters. The molecule has 0 saturated carbocycles. The number of nitrogens with one attached hydrogen (secondary N) is 1. The number of carbonyl (C=O) groups excluding carboxylic acids is 1. The monoisotopic (exact) mass is 418 g/mol. The van der Waals surface area contributed by atoms with Gasteiger partial charge in [0, 0.05) is 30.3 Å². The molecule has 6 nitrogen and oxygen atoms in total. The van der Waals surface area contributed by atoms with Crippen LogP contribution >= 0.6 is 11.6 Å². The van der Waals surface area contributed by atoms with Crippen LogP contribution in [0, 0.1) is 6.92 Å². The number of para-hydroxylation sites is 1. The number of aryl methyl sites for hydroxylation is 2. The number of aromatic nitrogens is 2. The predicted octanol–water partition coefficient (Wildman–Crippen LogP) is 4.09. The number of benzene rings is 1. The Kier molecular flexibility index (Phi) is 8.73. The van der Waals surface area contributed by atoms with Gasteiger partial charge >= 0.3 is 0 Å². The lowest BCUT2D eigenvalue weighted by Crippen LogP contribution is -2.33. The van der Waals surface area contributed by atoms with Gasteiger partial charge in [0.25, 0.3) is 0 Å². The molecule has 29 heavy (non-hydrogen) atoms. The summed E-state index contributed by atoms with van der Waals surface area (Å²) in [7, 11) is 5.61. The van der Waals surface area contributed by atoms with Crippen LogP contribution in [0.2, 0.25) is 5.15 Å². The summed E-state index contributed by atoms with van der Waals surface area (Å²) in [4.78, 5) is 14.5. The Balaban J connectivity index is 2.05. The van der Waals surface area contributed by atoms with E-state index in [2.05, 4.69) is 22.2 Å². The van der Waals surface area contributed by atoms with Gasteiger partial charge in [-0.1, -0.05) is 43.1 Å². The van der Waals surface area contributed by atoms with Crippen LogP contribution in [0.5, 0.6) is 5.75 Å². The molecule has 1 aromatic carbocycles. The van der Waals surface area contributed by atoms with Crippen molar-refractivity contribution in [1.29, 1.82) is 0 Å². The second-order valence-corrected chi connectivity index (χ2v) is 7.52. The van der Waals surface area contributed by atoms with Crippen LogP contribution in [-0.2, 0) is 11.3 Å². The highest BCUT2D eigenvalue weighted by atomic mass is 35.5. The van der Waals surface area contributed by atoms with Crippen LogP contribution in [0.4, 0.5) is 0 Å². The summed E-state index contributed by atoms with van der Waals surface area (Å²) >= 11 is 6.43. The largest absolute Gasteiger partial charge is 0.496 e. The summed E-state index contributed by atoms with van der Waals surface area (Å²) in [6.45, 7) is 5.26. The number of halogens is 1. The number of hydrogen-bond donors (Lipinski definition) is 1. The molecule has 1 N–H and O–H groups in total. The average molecular weight is 419 g/mol. The van der Waals surface area contributed by atoms with E-state index in [4.69, 9.17) is 16.3 Å². The van der Waals surface area contributed by atoms with Gasteiger partial charge in [-0.3, -0.25) is 9.48 Å². The van der Waals surface area contributed by atoms with Crippen molar-refractivity contribution in [2.45, 2.75) is 39.3 Å². The van der Waals surface area contributed by atoms with Gasteiger partial charge < -0.3 is 15.0 Å². The van der Waals surface area contributed by atoms with Crippen molar-refractivity contribution in [3.8, 4) is 5.75 Å². The summed E-state index contributed by atoms with van der Waals surface area (Å²) < 4.78 is 7.26. The minimum absolute atomic E-state index is 0.00869. The molecule has 1 amide bonds. The van der Waals surface area contributed by atoms with Crippen molar-refractivity contribution >= 4 is 23.6 Å². The number of carbonyl (C=O) groups is 1. The average Bonchev–Trinajstić information content (AvgIpc) is 2.97. The van der Waals surface area contributed by atoms with Gasteiger partial charge in [0.1, 0.15) is 10.9 Å². The number of ether oxygens (including phenoxy) is 1. The van der Waals surface area contributed by atoms with Crippen molar-refractivity contribution in [3.05, 3.63) is 52.3 Å². The second kappa shape index (κ2) is 11.0.